The normalized spacial score (nSPS) is 32.5. The zero-order valence-corrected chi connectivity index (χ0v) is 30.9. The summed E-state index contributed by atoms with van der Waals surface area (Å²) in [7, 11) is 0. The number of ether oxygens (including phenoxy) is 2. The lowest BCUT2D eigenvalue weighted by Gasteiger charge is -2.57. The molecule has 9 heteroatoms. The zero-order chi connectivity index (χ0) is 36.5. The van der Waals surface area contributed by atoms with Gasteiger partial charge in [0.1, 0.15) is 17.3 Å². The monoisotopic (exact) mass is 717 g/mol. The molecule has 4 heterocycles. The topological polar surface area (TPSA) is 129 Å². The first-order valence-corrected chi connectivity index (χ1v) is 20.3. The minimum absolute atomic E-state index is 0.0481. The van der Waals surface area contributed by atoms with E-state index in [0.717, 1.165) is 79.4 Å². The summed E-state index contributed by atoms with van der Waals surface area (Å²) in [6.45, 7) is 2.31. The number of rotatable bonds is 9. The molecule has 53 heavy (non-hydrogen) atoms. The van der Waals surface area contributed by atoms with Crippen molar-refractivity contribution in [3.05, 3.63) is 82.0 Å². The molecule has 1 aromatic heterocycles. The van der Waals surface area contributed by atoms with Crippen LogP contribution in [0.25, 0.3) is 0 Å². The third-order valence-corrected chi connectivity index (χ3v) is 14.6. The second-order valence-corrected chi connectivity index (χ2v) is 17.1. The Morgan fingerprint density at radius 1 is 0.962 bits per heavy atom. The van der Waals surface area contributed by atoms with Gasteiger partial charge in [-0.3, -0.25) is 14.5 Å². The third-order valence-electron chi connectivity index (χ3n) is 14.6. The maximum atomic E-state index is 14.6. The number of nitrogens with two attached hydrogens (primary N) is 1. The molecular formula is C44H51N3O6. The lowest BCUT2D eigenvalue weighted by Crippen LogP contribution is -2.53. The Hall–Kier alpha value is -4.27. The molecule has 1 saturated heterocycles. The van der Waals surface area contributed by atoms with Gasteiger partial charge in [-0.2, -0.15) is 0 Å². The number of carbonyl (C=O) groups is 4. The molecule has 3 saturated carbocycles. The number of cyclic esters (lactones) is 2. The summed E-state index contributed by atoms with van der Waals surface area (Å²) >= 11 is 0. The molecule has 1 spiro atoms. The lowest BCUT2D eigenvalue weighted by molar-refractivity contribution is -0.137. The molecule has 2 N–H and O–H groups in total. The quantitative estimate of drug-likeness (QED) is 0.202. The fourth-order valence-electron chi connectivity index (χ4n) is 12.1. The largest absolute Gasteiger partial charge is 0.427 e. The first kappa shape index (κ1) is 34.5. The summed E-state index contributed by atoms with van der Waals surface area (Å²) < 4.78 is 12.7. The molecular weight excluding hydrogens is 666 g/mol. The van der Waals surface area contributed by atoms with Gasteiger partial charge in [-0.15, -0.1) is 0 Å². The average Bonchev–Trinajstić information content (AvgIpc) is 3.92. The van der Waals surface area contributed by atoms with Gasteiger partial charge in [0, 0.05) is 47.9 Å². The van der Waals surface area contributed by atoms with E-state index in [0.29, 0.717) is 29.5 Å². The van der Waals surface area contributed by atoms with Crippen molar-refractivity contribution < 1.29 is 28.7 Å². The van der Waals surface area contributed by atoms with Crippen LogP contribution in [0, 0.1) is 34.5 Å². The predicted octanol–water partition coefficient (Wildman–Crippen LogP) is 7.91. The van der Waals surface area contributed by atoms with Gasteiger partial charge in [0.2, 0.25) is 0 Å². The van der Waals surface area contributed by atoms with Crippen molar-refractivity contribution in [1.82, 2.24) is 9.88 Å². The highest BCUT2D eigenvalue weighted by molar-refractivity contribution is 6.13. The molecule has 0 radical (unpaired) electrons. The number of esters is 2. The van der Waals surface area contributed by atoms with Gasteiger partial charge < -0.3 is 15.2 Å². The Labute approximate surface area is 311 Å². The zero-order valence-electron chi connectivity index (χ0n) is 30.9. The summed E-state index contributed by atoms with van der Waals surface area (Å²) in [6, 6.07) is 3.67. The molecule has 3 aliphatic heterocycles. The lowest BCUT2D eigenvalue weighted by atomic mass is 9.43. The summed E-state index contributed by atoms with van der Waals surface area (Å²) in [4.78, 5) is 60.5. The number of hydrogen-bond donors (Lipinski definition) is 1. The van der Waals surface area contributed by atoms with Gasteiger partial charge in [0.25, 0.3) is 11.8 Å². The maximum Gasteiger partial charge on any atom is 0.340 e. The number of allylic oxidation sites excluding steroid dienone is 4. The third kappa shape index (κ3) is 5.50. The van der Waals surface area contributed by atoms with Crippen molar-refractivity contribution in [2.45, 2.75) is 116 Å². The highest BCUT2D eigenvalue weighted by Gasteiger charge is 2.69. The number of amides is 2. The second kappa shape index (κ2) is 13.2. The van der Waals surface area contributed by atoms with Crippen LogP contribution in [-0.4, -0.2) is 40.2 Å². The number of hydrogen-bond acceptors (Lipinski definition) is 8. The second-order valence-electron chi connectivity index (χ2n) is 17.1. The molecule has 0 unspecified atom stereocenters. The van der Waals surface area contributed by atoms with Gasteiger partial charge in [-0.1, -0.05) is 51.9 Å². The number of pyridine rings is 1. The van der Waals surface area contributed by atoms with Gasteiger partial charge in [0.15, 0.2) is 0 Å². The predicted molar refractivity (Wildman–Crippen MR) is 198 cm³/mol. The van der Waals surface area contributed by atoms with Gasteiger partial charge >= 0.3 is 11.9 Å². The van der Waals surface area contributed by atoms with E-state index in [4.69, 9.17) is 15.2 Å². The van der Waals surface area contributed by atoms with Crippen molar-refractivity contribution in [3.63, 3.8) is 0 Å². The van der Waals surface area contributed by atoms with E-state index in [1.54, 1.807) is 12.3 Å². The fourth-order valence-corrected chi connectivity index (χ4v) is 12.1. The number of nitrogens with zero attached hydrogens (tertiary/aromatic N) is 2. The Morgan fingerprint density at radius 2 is 1.74 bits per heavy atom. The van der Waals surface area contributed by atoms with Crippen LogP contribution in [0.3, 0.4) is 0 Å². The molecule has 2 bridgehead atoms. The number of aromatic nitrogens is 1. The molecule has 278 valence electrons. The van der Waals surface area contributed by atoms with Crippen LogP contribution in [0.2, 0.25) is 0 Å². The Kier molecular flexibility index (Phi) is 8.62. The number of carbonyl (C=O) groups excluding carboxylic acids is 4. The number of nitrogen functional groups attached to an aromatic ring is 1. The van der Waals surface area contributed by atoms with E-state index in [9.17, 15) is 19.2 Å². The van der Waals surface area contributed by atoms with E-state index >= 15 is 0 Å². The molecule has 0 aromatic carbocycles. The van der Waals surface area contributed by atoms with E-state index in [-0.39, 0.29) is 53.5 Å². The molecule has 9 aliphatic rings. The minimum Gasteiger partial charge on any atom is -0.427 e. The van der Waals surface area contributed by atoms with E-state index in [2.05, 4.69) is 24.1 Å². The molecule has 9 nitrogen and oxygen atoms in total. The van der Waals surface area contributed by atoms with Gasteiger partial charge in [-0.05, 0) is 116 Å². The Morgan fingerprint density at radius 3 is 2.47 bits per heavy atom. The minimum atomic E-state index is -0.836. The van der Waals surface area contributed by atoms with Crippen LogP contribution >= 0.6 is 0 Å². The number of imide groups is 1. The average molecular weight is 718 g/mol. The SMILES string of the molecule is CCC1(C=C2OC(=O)C3=C2CC[C@@H]2[C@@H]3[C@]34CC[C@H]2C([C@H](CN2C(=O)C=CC2=O)c2ccnc(N)c2)=C3C(=O)OC4=CCCC2CCCCC2)CCCC1. The summed E-state index contributed by atoms with van der Waals surface area (Å²) in [5, 5.41) is 0. The van der Waals surface area contributed by atoms with Crippen LogP contribution in [0.1, 0.15) is 121 Å². The summed E-state index contributed by atoms with van der Waals surface area (Å²) in [6.07, 6.45) is 25.6. The molecule has 5 atom stereocenters. The highest BCUT2D eigenvalue weighted by atomic mass is 16.5. The first-order chi connectivity index (χ1) is 25.7. The van der Waals surface area contributed by atoms with E-state index in [1.165, 1.54) is 62.0 Å². The van der Waals surface area contributed by atoms with Crippen LogP contribution in [0.4, 0.5) is 5.82 Å². The van der Waals surface area contributed by atoms with Crippen molar-refractivity contribution in [2.75, 3.05) is 12.3 Å². The molecule has 10 rings (SSSR count). The highest BCUT2D eigenvalue weighted by Crippen LogP contribution is 2.72. The van der Waals surface area contributed by atoms with Crippen molar-refractivity contribution >= 4 is 29.6 Å². The molecule has 4 fully saturated rings. The standard InChI is InChI=1S/C44H51N3O6/c1-2-43(19-6-7-20-43)24-32-30-14-13-29-28-17-21-44(39(29)38(30)41(50)52-32)33(12-8-11-26-9-4-3-5-10-26)53-42(51)40(44)37(28)31(27-18-22-46-34(45)23-27)25-47-35(48)15-16-36(47)49/h12,15-16,18,22-24,26,28-29,31,39H,2-11,13-14,17,19-21,25H2,1H3,(H2,45,46)/t28-,29+,31-,39+,44-/m1/s1. The van der Waals surface area contributed by atoms with Gasteiger partial charge in [0.05, 0.1) is 11.0 Å². The first-order valence-electron chi connectivity index (χ1n) is 20.3. The number of anilines is 1. The maximum absolute atomic E-state index is 14.6. The van der Waals surface area contributed by atoms with E-state index in [1.807, 2.05) is 6.07 Å². The smallest absolute Gasteiger partial charge is 0.340 e. The molecule has 2 amide bonds. The van der Waals surface area contributed by atoms with Crippen LogP contribution in [0.5, 0.6) is 0 Å². The summed E-state index contributed by atoms with van der Waals surface area (Å²) in [5.74, 6) is 0.295. The van der Waals surface area contributed by atoms with Crippen molar-refractivity contribution in [1.29, 1.82) is 0 Å². The fraction of sp³-hybridized carbons (Fsp3) is 0.568. The van der Waals surface area contributed by atoms with Crippen LogP contribution in [-0.2, 0) is 28.7 Å². The molecule has 6 aliphatic carbocycles. The number of fused-ring (bicyclic) bond motifs is 1. The van der Waals surface area contributed by atoms with Crippen molar-refractivity contribution in [3.8, 4) is 0 Å². The Bertz CT molecular complexity index is 1900. The van der Waals surface area contributed by atoms with Crippen LogP contribution < -0.4 is 5.73 Å². The van der Waals surface area contributed by atoms with Crippen molar-refractivity contribution in [2.24, 2.45) is 34.5 Å². The molecule has 1 aromatic rings. The summed E-state index contributed by atoms with van der Waals surface area (Å²) in [5.41, 5.74) is 9.59. The Balaban J connectivity index is 1.21. The van der Waals surface area contributed by atoms with Gasteiger partial charge in [-0.25, -0.2) is 14.6 Å². The van der Waals surface area contributed by atoms with E-state index < -0.39 is 11.3 Å². The van der Waals surface area contributed by atoms with Crippen LogP contribution in [0.15, 0.2) is 76.4 Å².